The van der Waals surface area contributed by atoms with Crippen LogP contribution in [-0.4, -0.2) is 17.8 Å². The molecular formula is C14H15FN2OS. The summed E-state index contributed by atoms with van der Waals surface area (Å²) in [4.78, 5) is 18.8. The fraction of sp³-hybridized carbons (Fsp3) is 0.286. The van der Waals surface area contributed by atoms with Crippen molar-refractivity contribution in [2.75, 3.05) is 11.9 Å². The Morgan fingerprint density at radius 3 is 2.79 bits per heavy atom. The van der Waals surface area contributed by atoms with Crippen molar-refractivity contribution in [3.8, 4) is 0 Å². The van der Waals surface area contributed by atoms with Crippen molar-refractivity contribution in [1.29, 1.82) is 0 Å². The van der Waals surface area contributed by atoms with E-state index in [2.05, 4.69) is 4.98 Å². The highest BCUT2D eigenvalue weighted by Crippen LogP contribution is 2.25. The van der Waals surface area contributed by atoms with Crippen LogP contribution in [0, 0.1) is 12.7 Å². The summed E-state index contributed by atoms with van der Waals surface area (Å²) in [6, 6.07) is 4.69. The summed E-state index contributed by atoms with van der Waals surface area (Å²) in [7, 11) is 1.85. The molecule has 0 N–H and O–H groups in total. The first-order valence-corrected chi connectivity index (χ1v) is 6.78. The topological polar surface area (TPSA) is 33.2 Å². The Kier molecular flexibility index (Phi) is 3.95. The van der Waals surface area contributed by atoms with Crippen LogP contribution in [0.3, 0.4) is 0 Å². The van der Waals surface area contributed by atoms with Gasteiger partial charge >= 0.3 is 0 Å². The fourth-order valence-corrected chi connectivity index (χ4v) is 2.79. The monoisotopic (exact) mass is 278 g/mol. The van der Waals surface area contributed by atoms with E-state index < -0.39 is 5.82 Å². The molecule has 0 atom stereocenters. The molecule has 3 nitrogen and oxygen atoms in total. The number of rotatable bonds is 4. The standard InChI is InChI=1S/C14H15FN2OS/c1-9-13(19-8-16-9)7-17(3)12-6-4-5-11(15)14(12)10(2)18/h4-6,8H,7H2,1-3H3. The number of aromatic nitrogens is 1. The van der Waals surface area contributed by atoms with Crippen molar-refractivity contribution in [3.63, 3.8) is 0 Å². The lowest BCUT2D eigenvalue weighted by molar-refractivity contribution is 0.101. The first kappa shape index (κ1) is 13.7. The van der Waals surface area contributed by atoms with Crippen LogP contribution in [0.1, 0.15) is 27.9 Å². The van der Waals surface area contributed by atoms with E-state index in [0.29, 0.717) is 12.2 Å². The first-order valence-electron chi connectivity index (χ1n) is 5.90. The minimum absolute atomic E-state index is 0.146. The van der Waals surface area contributed by atoms with Crippen molar-refractivity contribution in [2.45, 2.75) is 20.4 Å². The van der Waals surface area contributed by atoms with Crippen LogP contribution in [-0.2, 0) is 6.54 Å². The summed E-state index contributed by atoms with van der Waals surface area (Å²) in [5.74, 6) is -0.737. The molecule has 5 heteroatoms. The highest BCUT2D eigenvalue weighted by Gasteiger charge is 2.16. The highest BCUT2D eigenvalue weighted by atomic mass is 32.1. The van der Waals surface area contributed by atoms with Crippen molar-refractivity contribution in [3.05, 3.63) is 45.7 Å². The van der Waals surface area contributed by atoms with Gasteiger partial charge in [0.2, 0.25) is 0 Å². The van der Waals surface area contributed by atoms with E-state index in [9.17, 15) is 9.18 Å². The zero-order valence-corrected chi connectivity index (χ0v) is 11.9. The van der Waals surface area contributed by atoms with Crippen LogP contribution >= 0.6 is 11.3 Å². The molecule has 0 amide bonds. The molecule has 1 aromatic carbocycles. The molecule has 0 fully saturated rings. The average molecular weight is 278 g/mol. The molecule has 1 aromatic heterocycles. The molecule has 0 bridgehead atoms. The quantitative estimate of drug-likeness (QED) is 0.803. The number of hydrogen-bond acceptors (Lipinski definition) is 4. The zero-order chi connectivity index (χ0) is 14.0. The third-order valence-electron chi connectivity index (χ3n) is 2.98. The van der Waals surface area contributed by atoms with E-state index in [1.165, 1.54) is 13.0 Å². The van der Waals surface area contributed by atoms with Gasteiger partial charge in [0.05, 0.1) is 29.0 Å². The van der Waals surface area contributed by atoms with Crippen molar-refractivity contribution in [2.24, 2.45) is 0 Å². The Balaban J connectivity index is 2.34. The molecule has 1 heterocycles. The van der Waals surface area contributed by atoms with Crippen LogP contribution in [0.5, 0.6) is 0 Å². The predicted molar refractivity (Wildman–Crippen MR) is 75.4 cm³/mol. The van der Waals surface area contributed by atoms with Gasteiger partial charge in [0.15, 0.2) is 5.78 Å². The zero-order valence-electron chi connectivity index (χ0n) is 11.1. The van der Waals surface area contributed by atoms with Gasteiger partial charge in [-0.1, -0.05) is 6.07 Å². The van der Waals surface area contributed by atoms with Crippen LogP contribution < -0.4 is 4.90 Å². The average Bonchev–Trinajstić information content (AvgIpc) is 2.74. The van der Waals surface area contributed by atoms with Gasteiger partial charge < -0.3 is 4.90 Å². The third-order valence-corrected chi connectivity index (χ3v) is 3.90. The summed E-state index contributed by atoms with van der Waals surface area (Å²) in [5.41, 5.74) is 3.51. The Morgan fingerprint density at radius 1 is 1.47 bits per heavy atom. The van der Waals surface area contributed by atoms with Gasteiger partial charge in [0.1, 0.15) is 5.82 Å². The Morgan fingerprint density at radius 2 is 2.21 bits per heavy atom. The Bertz CT molecular complexity index is 609. The minimum atomic E-state index is -0.474. The van der Waals surface area contributed by atoms with Crippen LogP contribution in [0.25, 0.3) is 0 Å². The first-order chi connectivity index (χ1) is 9.00. The van der Waals surface area contributed by atoms with E-state index in [1.54, 1.807) is 29.0 Å². The number of hydrogen-bond donors (Lipinski definition) is 0. The molecule has 100 valence electrons. The van der Waals surface area contributed by atoms with E-state index >= 15 is 0 Å². The number of carbonyl (C=O) groups excluding carboxylic acids is 1. The normalized spacial score (nSPS) is 10.5. The van der Waals surface area contributed by atoms with Crippen molar-refractivity contribution >= 4 is 22.8 Å². The van der Waals surface area contributed by atoms with Gasteiger partial charge in [-0.15, -0.1) is 11.3 Å². The van der Waals surface area contributed by atoms with E-state index in [-0.39, 0.29) is 11.3 Å². The van der Waals surface area contributed by atoms with Crippen LogP contribution in [0.2, 0.25) is 0 Å². The van der Waals surface area contributed by atoms with E-state index in [0.717, 1.165) is 10.6 Å². The molecule has 0 saturated heterocycles. The Hall–Kier alpha value is -1.75. The number of ketones is 1. The summed E-state index contributed by atoms with van der Waals surface area (Å²) in [6.07, 6.45) is 0. The number of Topliss-reactive ketones (excluding diaryl/α,β-unsaturated/α-hetero) is 1. The van der Waals surface area contributed by atoms with Crippen molar-refractivity contribution < 1.29 is 9.18 Å². The number of anilines is 1. The maximum absolute atomic E-state index is 13.8. The third kappa shape index (κ3) is 2.81. The Labute approximate surface area is 115 Å². The summed E-state index contributed by atoms with van der Waals surface area (Å²) in [5, 5.41) is 0. The second-order valence-electron chi connectivity index (χ2n) is 4.41. The van der Waals surface area contributed by atoms with Crippen LogP contribution in [0.15, 0.2) is 23.7 Å². The molecule has 0 aliphatic heterocycles. The van der Waals surface area contributed by atoms with Gasteiger partial charge in [-0.25, -0.2) is 9.37 Å². The molecule has 19 heavy (non-hydrogen) atoms. The number of benzene rings is 1. The fourth-order valence-electron chi connectivity index (χ4n) is 1.96. The molecule has 0 aliphatic carbocycles. The van der Waals surface area contributed by atoms with E-state index in [1.807, 2.05) is 18.9 Å². The maximum atomic E-state index is 13.8. The molecule has 0 unspecified atom stereocenters. The van der Waals surface area contributed by atoms with Crippen LogP contribution in [0.4, 0.5) is 10.1 Å². The SMILES string of the molecule is CC(=O)c1c(F)cccc1N(C)Cc1scnc1C. The molecular weight excluding hydrogens is 263 g/mol. The molecule has 2 rings (SSSR count). The summed E-state index contributed by atoms with van der Waals surface area (Å²) < 4.78 is 13.8. The summed E-state index contributed by atoms with van der Waals surface area (Å²) in [6.45, 7) is 3.94. The number of halogens is 1. The van der Waals surface area contributed by atoms with Gasteiger partial charge in [0.25, 0.3) is 0 Å². The number of thiazole rings is 1. The largest absolute Gasteiger partial charge is 0.369 e. The number of carbonyl (C=O) groups is 1. The minimum Gasteiger partial charge on any atom is -0.369 e. The van der Waals surface area contributed by atoms with E-state index in [4.69, 9.17) is 0 Å². The highest BCUT2D eigenvalue weighted by molar-refractivity contribution is 7.09. The lowest BCUT2D eigenvalue weighted by Crippen LogP contribution is -2.19. The second kappa shape index (κ2) is 5.48. The van der Waals surface area contributed by atoms with Gasteiger partial charge in [-0.2, -0.15) is 0 Å². The lowest BCUT2D eigenvalue weighted by Gasteiger charge is -2.21. The molecule has 0 spiro atoms. The number of aryl methyl sites for hydroxylation is 1. The lowest BCUT2D eigenvalue weighted by atomic mass is 10.1. The van der Waals surface area contributed by atoms with Gasteiger partial charge in [0, 0.05) is 11.9 Å². The maximum Gasteiger partial charge on any atom is 0.164 e. The van der Waals surface area contributed by atoms with Crippen molar-refractivity contribution in [1.82, 2.24) is 4.98 Å². The molecule has 0 aliphatic rings. The van der Waals surface area contributed by atoms with Gasteiger partial charge in [-0.3, -0.25) is 4.79 Å². The molecule has 2 aromatic rings. The second-order valence-corrected chi connectivity index (χ2v) is 5.35. The predicted octanol–water partition coefficient (Wildman–Crippen LogP) is 3.43. The molecule has 0 saturated carbocycles. The smallest absolute Gasteiger partial charge is 0.164 e. The summed E-state index contributed by atoms with van der Waals surface area (Å²) >= 11 is 1.56. The van der Waals surface area contributed by atoms with Gasteiger partial charge in [-0.05, 0) is 26.0 Å². The number of nitrogens with zero attached hydrogens (tertiary/aromatic N) is 2. The molecule has 0 radical (unpaired) electrons.